The minimum atomic E-state index is -0.779. The van der Waals surface area contributed by atoms with Crippen LogP contribution in [0.5, 0.6) is 0 Å². The van der Waals surface area contributed by atoms with E-state index in [1.807, 2.05) is 0 Å². The van der Waals surface area contributed by atoms with Gasteiger partial charge in [0.1, 0.15) is 13.2 Å². The molecule has 1 unspecified atom stereocenters. The molecule has 6 heteroatoms. The lowest BCUT2D eigenvalue weighted by atomic mass is 10.0. The highest BCUT2D eigenvalue weighted by Gasteiger charge is 2.19. The molecule has 0 aliphatic carbocycles. The molecule has 0 aliphatic heterocycles. The normalized spacial score (nSPS) is 12.5. The van der Waals surface area contributed by atoms with E-state index in [-0.39, 0.29) is 31.1 Å². The number of unbranched alkanes of at least 4 members (excludes halogenated alkanes) is 39. The van der Waals surface area contributed by atoms with Crippen LogP contribution in [0.1, 0.15) is 348 Å². The van der Waals surface area contributed by atoms with Crippen LogP contribution in [-0.4, -0.2) is 37.2 Å². The van der Waals surface area contributed by atoms with Crippen LogP contribution < -0.4 is 0 Å². The smallest absolute Gasteiger partial charge is 0.306 e. The van der Waals surface area contributed by atoms with Gasteiger partial charge in [-0.25, -0.2) is 0 Å². The maximum absolute atomic E-state index is 12.9. The van der Waals surface area contributed by atoms with E-state index in [9.17, 15) is 14.4 Å². The maximum atomic E-state index is 12.9. The summed E-state index contributed by atoms with van der Waals surface area (Å²) in [6, 6.07) is 0. The molecule has 0 radical (unpaired) electrons. The number of allylic oxidation sites excluding steroid dienone is 12. The number of rotatable bonds is 62. The fourth-order valence-electron chi connectivity index (χ4n) is 9.88. The predicted molar refractivity (Wildman–Crippen MR) is 339 cm³/mol. The Bertz CT molecular complexity index is 1440. The Morgan fingerprint density at radius 3 is 0.782 bits per heavy atom. The van der Waals surface area contributed by atoms with E-state index in [1.165, 1.54) is 218 Å². The zero-order chi connectivity index (χ0) is 56.4. The highest BCUT2D eigenvalue weighted by Crippen LogP contribution is 2.17. The highest BCUT2D eigenvalue weighted by molar-refractivity contribution is 5.71. The molecule has 0 bridgehead atoms. The highest BCUT2D eigenvalue weighted by atomic mass is 16.6. The summed E-state index contributed by atoms with van der Waals surface area (Å²) in [5.74, 6) is -0.862. The maximum Gasteiger partial charge on any atom is 0.306 e. The lowest BCUT2D eigenvalue weighted by molar-refractivity contribution is -0.167. The summed E-state index contributed by atoms with van der Waals surface area (Å²) in [5.41, 5.74) is 0. The largest absolute Gasteiger partial charge is 0.462 e. The van der Waals surface area contributed by atoms with E-state index >= 15 is 0 Å². The standard InChI is InChI=1S/C72H128O6/c1-4-7-10-13-16-19-22-25-28-31-33-35-36-38-39-41-44-47-50-53-56-59-62-65-71(74)77-68-69(67-76-70(73)64-61-58-55-52-49-46-43-30-27-24-21-18-15-12-9-6-3)78-72(75)66-63-60-57-54-51-48-45-42-40-37-34-32-29-26-23-20-17-14-11-8-5-2/h7,10,16,19,23,25-26,28,32-35,69H,4-6,8-9,11-15,17-18,20-22,24,27,29-31,36-68H2,1-3H3/b10-7-,19-16-,26-23-,28-25-,34-32-,35-33-. The van der Waals surface area contributed by atoms with Crippen molar-refractivity contribution in [2.45, 2.75) is 354 Å². The molecule has 0 heterocycles. The first-order valence-corrected chi connectivity index (χ1v) is 33.9. The third kappa shape index (κ3) is 63.7. The van der Waals surface area contributed by atoms with Gasteiger partial charge >= 0.3 is 17.9 Å². The van der Waals surface area contributed by atoms with Gasteiger partial charge in [0.15, 0.2) is 6.10 Å². The molecule has 0 fully saturated rings. The molecule has 1 atom stereocenters. The molecule has 78 heavy (non-hydrogen) atoms. The van der Waals surface area contributed by atoms with Gasteiger partial charge in [0.2, 0.25) is 0 Å². The van der Waals surface area contributed by atoms with Crippen LogP contribution in [0.3, 0.4) is 0 Å². The van der Waals surface area contributed by atoms with Gasteiger partial charge in [-0.1, -0.05) is 312 Å². The Kier molecular flexibility index (Phi) is 63.7. The minimum Gasteiger partial charge on any atom is -0.462 e. The van der Waals surface area contributed by atoms with E-state index < -0.39 is 6.10 Å². The van der Waals surface area contributed by atoms with Crippen LogP contribution in [0.15, 0.2) is 72.9 Å². The first-order valence-electron chi connectivity index (χ1n) is 33.9. The number of esters is 3. The lowest BCUT2D eigenvalue weighted by Crippen LogP contribution is -2.30. The molecule has 0 amide bonds. The topological polar surface area (TPSA) is 78.9 Å². The molecule has 0 aromatic carbocycles. The van der Waals surface area contributed by atoms with Crippen molar-refractivity contribution < 1.29 is 28.6 Å². The van der Waals surface area contributed by atoms with Crippen molar-refractivity contribution in [1.82, 2.24) is 0 Å². The molecule has 0 aromatic heterocycles. The zero-order valence-corrected chi connectivity index (χ0v) is 51.9. The molecule has 0 aromatic rings. The van der Waals surface area contributed by atoms with Gasteiger partial charge in [0.25, 0.3) is 0 Å². The van der Waals surface area contributed by atoms with Crippen molar-refractivity contribution in [3.8, 4) is 0 Å². The second kappa shape index (κ2) is 66.4. The Balaban J connectivity index is 4.35. The molecule has 6 nitrogen and oxygen atoms in total. The van der Waals surface area contributed by atoms with Crippen molar-refractivity contribution >= 4 is 17.9 Å². The summed E-state index contributed by atoms with van der Waals surface area (Å²) in [6.07, 6.45) is 86.2. The SMILES string of the molecule is CC/C=C\C/C=C\C/C=C\C/C=C\CCCCCCCCCCCCC(=O)OCC(COC(=O)CCCCCCCCCCCCCCCCCC)OC(=O)CCCCCCCCCCC/C=C\C/C=C\CCCCCCC. The van der Waals surface area contributed by atoms with Crippen LogP contribution in [0.25, 0.3) is 0 Å². The Morgan fingerprint density at radius 1 is 0.269 bits per heavy atom. The first-order chi connectivity index (χ1) is 38.5. The van der Waals surface area contributed by atoms with Crippen LogP contribution in [0.4, 0.5) is 0 Å². The van der Waals surface area contributed by atoms with Crippen LogP contribution in [-0.2, 0) is 28.6 Å². The average molecular weight is 1090 g/mol. The van der Waals surface area contributed by atoms with Gasteiger partial charge in [-0.2, -0.15) is 0 Å². The molecule has 0 N–H and O–H groups in total. The van der Waals surface area contributed by atoms with Crippen molar-refractivity contribution in [3.05, 3.63) is 72.9 Å². The van der Waals surface area contributed by atoms with Gasteiger partial charge in [-0.15, -0.1) is 0 Å². The number of ether oxygens (including phenoxy) is 3. The van der Waals surface area contributed by atoms with Gasteiger partial charge in [-0.3, -0.25) is 14.4 Å². The summed E-state index contributed by atoms with van der Waals surface area (Å²) in [5, 5.41) is 0. The number of hydrogen-bond donors (Lipinski definition) is 0. The van der Waals surface area contributed by atoms with Crippen molar-refractivity contribution in [3.63, 3.8) is 0 Å². The van der Waals surface area contributed by atoms with E-state index in [0.717, 1.165) is 89.9 Å². The lowest BCUT2D eigenvalue weighted by Gasteiger charge is -2.18. The fourth-order valence-corrected chi connectivity index (χ4v) is 9.88. The summed E-state index contributed by atoms with van der Waals surface area (Å²) >= 11 is 0. The molecular formula is C72H128O6. The van der Waals surface area contributed by atoms with Crippen LogP contribution >= 0.6 is 0 Å². The van der Waals surface area contributed by atoms with Crippen molar-refractivity contribution in [2.24, 2.45) is 0 Å². The monoisotopic (exact) mass is 1090 g/mol. The molecule has 0 aliphatic rings. The molecule has 0 rings (SSSR count). The third-order valence-corrected chi connectivity index (χ3v) is 14.9. The fraction of sp³-hybridized carbons (Fsp3) is 0.792. The van der Waals surface area contributed by atoms with E-state index in [0.29, 0.717) is 19.3 Å². The van der Waals surface area contributed by atoms with Gasteiger partial charge in [0.05, 0.1) is 0 Å². The Hall–Kier alpha value is -3.15. The van der Waals surface area contributed by atoms with Crippen LogP contribution in [0.2, 0.25) is 0 Å². The number of carbonyl (C=O) groups excluding carboxylic acids is 3. The van der Waals surface area contributed by atoms with E-state index in [1.54, 1.807) is 0 Å². The van der Waals surface area contributed by atoms with E-state index in [2.05, 4.69) is 93.7 Å². The molecule has 0 saturated carbocycles. The Labute approximate surface area is 484 Å². The Morgan fingerprint density at radius 2 is 0.500 bits per heavy atom. The number of hydrogen-bond acceptors (Lipinski definition) is 6. The first kappa shape index (κ1) is 74.8. The third-order valence-electron chi connectivity index (χ3n) is 14.9. The molecular weight excluding hydrogens is 961 g/mol. The predicted octanol–water partition coefficient (Wildman–Crippen LogP) is 23.3. The van der Waals surface area contributed by atoms with Crippen LogP contribution in [0, 0.1) is 0 Å². The summed E-state index contributed by atoms with van der Waals surface area (Å²) in [6.45, 7) is 6.57. The summed E-state index contributed by atoms with van der Waals surface area (Å²) in [7, 11) is 0. The summed E-state index contributed by atoms with van der Waals surface area (Å²) in [4.78, 5) is 38.4. The quantitative estimate of drug-likeness (QED) is 0.0261. The van der Waals surface area contributed by atoms with Crippen molar-refractivity contribution in [2.75, 3.05) is 13.2 Å². The van der Waals surface area contributed by atoms with Gasteiger partial charge in [0, 0.05) is 19.3 Å². The van der Waals surface area contributed by atoms with Crippen molar-refractivity contribution in [1.29, 1.82) is 0 Å². The molecule has 452 valence electrons. The van der Waals surface area contributed by atoms with Gasteiger partial charge < -0.3 is 14.2 Å². The second-order valence-corrected chi connectivity index (χ2v) is 22.7. The zero-order valence-electron chi connectivity index (χ0n) is 51.9. The van der Waals surface area contributed by atoms with Gasteiger partial charge in [-0.05, 0) is 89.9 Å². The number of carbonyl (C=O) groups is 3. The van der Waals surface area contributed by atoms with E-state index in [4.69, 9.17) is 14.2 Å². The minimum absolute atomic E-state index is 0.0745. The molecule has 0 saturated heterocycles. The second-order valence-electron chi connectivity index (χ2n) is 22.7. The average Bonchev–Trinajstić information content (AvgIpc) is 3.44. The summed E-state index contributed by atoms with van der Waals surface area (Å²) < 4.78 is 17.0. The molecule has 0 spiro atoms.